The van der Waals surface area contributed by atoms with Crippen molar-refractivity contribution in [2.45, 2.75) is 75.5 Å². The topological polar surface area (TPSA) is 117 Å². The number of aliphatic hydroxyl groups excluding tert-OH is 2. The van der Waals surface area contributed by atoms with Gasteiger partial charge >= 0.3 is 11.9 Å². The fourth-order valence-corrected chi connectivity index (χ4v) is 5.99. The number of nitrogens with zero attached hydrogens (tertiary/aromatic N) is 3. The number of aromatic nitrogens is 2. The van der Waals surface area contributed by atoms with E-state index >= 15 is 0 Å². The van der Waals surface area contributed by atoms with E-state index in [0.717, 1.165) is 16.8 Å². The van der Waals surface area contributed by atoms with Crippen LogP contribution in [-0.2, 0) is 17.3 Å². The minimum absolute atomic E-state index is 0.0405. The van der Waals surface area contributed by atoms with E-state index in [0.29, 0.717) is 38.8 Å². The Morgan fingerprint density at radius 3 is 2.33 bits per heavy atom. The molecule has 0 radical (unpaired) electrons. The van der Waals surface area contributed by atoms with Gasteiger partial charge in [-0.05, 0) is 55.7 Å². The van der Waals surface area contributed by atoms with E-state index in [1.165, 1.54) is 16.7 Å². The van der Waals surface area contributed by atoms with Crippen LogP contribution in [0.3, 0.4) is 0 Å². The number of hydrogen-bond donors (Lipinski definition) is 3. The lowest BCUT2D eigenvalue weighted by molar-refractivity contribution is -0.149. The molecular formula is C24H28F3N3O6. The maximum atomic E-state index is 13.6. The van der Waals surface area contributed by atoms with Crippen LogP contribution >= 0.6 is 0 Å². The molecule has 36 heavy (non-hydrogen) atoms. The zero-order chi connectivity index (χ0) is 25.8. The van der Waals surface area contributed by atoms with Gasteiger partial charge < -0.3 is 20.1 Å². The lowest BCUT2D eigenvalue weighted by Gasteiger charge is -2.36. The van der Waals surface area contributed by atoms with Crippen molar-refractivity contribution in [1.29, 1.82) is 0 Å². The molecule has 9 nitrogen and oxygen atoms in total. The summed E-state index contributed by atoms with van der Waals surface area (Å²) in [6.07, 6.45) is -4.00. The van der Waals surface area contributed by atoms with Crippen LogP contribution in [0.1, 0.15) is 72.7 Å². The quantitative estimate of drug-likeness (QED) is 0.535. The second kappa shape index (κ2) is 9.42. The Morgan fingerprint density at radius 1 is 1.03 bits per heavy atom. The summed E-state index contributed by atoms with van der Waals surface area (Å²) in [6, 6.07) is 2.49. The summed E-state index contributed by atoms with van der Waals surface area (Å²) in [6.45, 7) is 1.03. The third kappa shape index (κ3) is 4.30. The molecule has 1 aliphatic heterocycles. The number of ether oxygens (including phenoxy) is 1. The molecule has 1 saturated heterocycles. The molecule has 1 unspecified atom stereocenters. The molecular weight excluding hydrogens is 483 g/mol. The smallest absolute Gasteiger partial charge is 0.364 e. The maximum absolute atomic E-state index is 13.6. The van der Waals surface area contributed by atoms with Gasteiger partial charge in [0.05, 0.1) is 23.8 Å². The number of hydrogen-bond acceptors (Lipinski definition) is 7. The molecule has 2 fully saturated rings. The van der Waals surface area contributed by atoms with Crippen molar-refractivity contribution in [2.75, 3.05) is 13.2 Å². The van der Waals surface area contributed by atoms with Gasteiger partial charge in [0.15, 0.2) is 6.29 Å². The molecule has 5 rings (SSSR count). The van der Waals surface area contributed by atoms with Crippen molar-refractivity contribution < 1.29 is 33.2 Å². The summed E-state index contributed by atoms with van der Waals surface area (Å²) in [7, 11) is 0. The van der Waals surface area contributed by atoms with Crippen LogP contribution in [0.15, 0.2) is 34.0 Å². The fraction of sp³-hybridized carbons (Fsp3) is 0.583. The minimum Gasteiger partial charge on any atom is -0.364 e. The standard InChI is InChI=1S/C24H28F3N3O6/c25-24(26,27)18-3-1-2-16-15(18)8-9-19(16)30-20(31)17(21(32)33)12-29(22(30)34)14-6-4-13(5-7-14)28-10-11-36-23(28)35/h1-3,12-14,19,21,23,32-33,35H,4-11H2/t13-,14+,19-,23?/m1/s1. The average Bonchev–Trinajstić information content (AvgIpc) is 3.45. The molecule has 0 bridgehead atoms. The lowest BCUT2D eigenvalue weighted by atomic mass is 9.90. The molecule has 196 valence electrons. The number of fused-ring (bicyclic) bond motifs is 1. The van der Waals surface area contributed by atoms with Gasteiger partial charge in [-0.2, -0.15) is 13.2 Å². The van der Waals surface area contributed by atoms with Crippen molar-refractivity contribution in [3.8, 4) is 0 Å². The summed E-state index contributed by atoms with van der Waals surface area (Å²) in [5.41, 5.74) is -2.51. The highest BCUT2D eigenvalue weighted by Crippen LogP contribution is 2.41. The lowest BCUT2D eigenvalue weighted by Crippen LogP contribution is -2.47. The van der Waals surface area contributed by atoms with E-state index in [1.807, 2.05) is 4.90 Å². The van der Waals surface area contributed by atoms with Gasteiger partial charge in [-0.1, -0.05) is 12.1 Å². The van der Waals surface area contributed by atoms with E-state index in [1.54, 1.807) is 0 Å². The first kappa shape index (κ1) is 25.2. The van der Waals surface area contributed by atoms with Crippen molar-refractivity contribution in [3.63, 3.8) is 0 Å². The number of halogens is 3. The molecule has 12 heteroatoms. The zero-order valence-corrected chi connectivity index (χ0v) is 19.4. The third-order valence-corrected chi connectivity index (χ3v) is 7.73. The molecule has 3 aliphatic rings. The first-order valence-electron chi connectivity index (χ1n) is 12.1. The van der Waals surface area contributed by atoms with Crippen molar-refractivity contribution in [2.24, 2.45) is 0 Å². The van der Waals surface area contributed by atoms with Crippen molar-refractivity contribution >= 4 is 0 Å². The van der Waals surface area contributed by atoms with Crippen LogP contribution in [-0.4, -0.2) is 55.0 Å². The summed E-state index contributed by atoms with van der Waals surface area (Å²) >= 11 is 0. The van der Waals surface area contributed by atoms with Gasteiger partial charge in [-0.25, -0.2) is 4.79 Å². The SMILES string of the molecule is O=c1c(C(O)O)cn([C@H]2CC[C@@H](N3CCOC3O)CC2)c(=O)n1[C@@H]1CCc2c1cccc2C(F)(F)F. The fourth-order valence-electron chi connectivity index (χ4n) is 5.99. The summed E-state index contributed by atoms with van der Waals surface area (Å²) in [5.74, 6) is 0. The van der Waals surface area contributed by atoms with E-state index < -0.39 is 47.3 Å². The minimum atomic E-state index is -4.57. The van der Waals surface area contributed by atoms with Crippen LogP contribution in [0, 0.1) is 0 Å². The maximum Gasteiger partial charge on any atom is 0.416 e. The van der Waals surface area contributed by atoms with Gasteiger partial charge in [0, 0.05) is 24.8 Å². The Labute approximate surface area is 204 Å². The van der Waals surface area contributed by atoms with Crippen LogP contribution in [0.2, 0.25) is 0 Å². The summed E-state index contributed by atoms with van der Waals surface area (Å²) in [5, 5.41) is 29.7. The Balaban J connectivity index is 1.52. The first-order valence-corrected chi connectivity index (χ1v) is 12.1. The Hall–Kier alpha value is -2.51. The Bertz CT molecular complexity index is 1250. The predicted octanol–water partition coefficient (Wildman–Crippen LogP) is 1.64. The number of alkyl halides is 3. The summed E-state index contributed by atoms with van der Waals surface area (Å²) < 4.78 is 48.0. The monoisotopic (exact) mass is 511 g/mol. The molecule has 1 saturated carbocycles. The molecule has 1 aromatic heterocycles. The zero-order valence-electron chi connectivity index (χ0n) is 19.4. The van der Waals surface area contributed by atoms with Gasteiger partial charge in [0.2, 0.25) is 6.41 Å². The highest BCUT2D eigenvalue weighted by Gasteiger charge is 2.39. The van der Waals surface area contributed by atoms with Crippen LogP contribution in [0.25, 0.3) is 0 Å². The third-order valence-electron chi connectivity index (χ3n) is 7.73. The number of aliphatic hydroxyl groups is 3. The molecule has 1 aromatic carbocycles. The van der Waals surface area contributed by atoms with E-state index in [9.17, 15) is 38.1 Å². The Kier molecular flexibility index (Phi) is 6.58. The van der Waals surface area contributed by atoms with E-state index in [4.69, 9.17) is 4.74 Å². The number of rotatable bonds is 4. The normalized spacial score (nSPS) is 27.1. The van der Waals surface area contributed by atoms with Gasteiger partial charge in [0.1, 0.15) is 0 Å². The highest BCUT2D eigenvalue weighted by molar-refractivity contribution is 5.43. The van der Waals surface area contributed by atoms with Crippen LogP contribution < -0.4 is 11.2 Å². The van der Waals surface area contributed by atoms with Gasteiger partial charge in [-0.15, -0.1) is 0 Å². The van der Waals surface area contributed by atoms with Crippen LogP contribution in [0.4, 0.5) is 13.2 Å². The molecule has 0 amide bonds. The molecule has 2 aromatic rings. The highest BCUT2D eigenvalue weighted by atomic mass is 19.4. The van der Waals surface area contributed by atoms with E-state index in [-0.39, 0.29) is 36.1 Å². The van der Waals surface area contributed by atoms with Gasteiger partial charge in [0.25, 0.3) is 5.56 Å². The second-order valence-corrected chi connectivity index (χ2v) is 9.65. The largest absolute Gasteiger partial charge is 0.416 e. The second-order valence-electron chi connectivity index (χ2n) is 9.65. The van der Waals surface area contributed by atoms with Crippen molar-refractivity contribution in [1.82, 2.24) is 14.0 Å². The first-order chi connectivity index (χ1) is 17.1. The molecule has 2 aliphatic carbocycles. The molecule has 2 heterocycles. The summed E-state index contributed by atoms with van der Waals surface area (Å²) in [4.78, 5) is 28.6. The predicted molar refractivity (Wildman–Crippen MR) is 120 cm³/mol. The average molecular weight is 511 g/mol. The Morgan fingerprint density at radius 2 is 1.72 bits per heavy atom. The number of benzene rings is 1. The van der Waals surface area contributed by atoms with E-state index in [2.05, 4.69) is 0 Å². The van der Waals surface area contributed by atoms with Crippen molar-refractivity contribution in [3.05, 3.63) is 67.5 Å². The van der Waals surface area contributed by atoms with Gasteiger partial charge in [-0.3, -0.25) is 18.8 Å². The molecule has 2 atom stereocenters. The van der Waals surface area contributed by atoms with Crippen LogP contribution in [0.5, 0.6) is 0 Å². The molecule has 3 N–H and O–H groups in total. The molecule has 0 spiro atoms.